The summed E-state index contributed by atoms with van der Waals surface area (Å²) in [6, 6.07) is 3.56. The highest BCUT2D eigenvalue weighted by Crippen LogP contribution is 2.24. The van der Waals surface area contributed by atoms with Gasteiger partial charge in [0, 0.05) is 25.8 Å². The van der Waals surface area contributed by atoms with Gasteiger partial charge in [0.15, 0.2) is 0 Å². The second kappa shape index (κ2) is 10.2. The highest BCUT2D eigenvalue weighted by atomic mass is 32.2. The highest BCUT2D eigenvalue weighted by molar-refractivity contribution is 7.98. The minimum absolute atomic E-state index is 0.189. The van der Waals surface area contributed by atoms with Crippen molar-refractivity contribution in [2.24, 2.45) is 0 Å². The summed E-state index contributed by atoms with van der Waals surface area (Å²) in [6.07, 6.45) is 2.86. The predicted molar refractivity (Wildman–Crippen MR) is 105 cm³/mol. The Morgan fingerprint density at radius 2 is 1.89 bits per heavy atom. The molecule has 1 aliphatic rings. The second-order valence-corrected chi connectivity index (χ2v) is 7.18. The molecule has 28 heavy (non-hydrogen) atoms. The summed E-state index contributed by atoms with van der Waals surface area (Å²) >= 11 is 1.55. The van der Waals surface area contributed by atoms with E-state index in [0.717, 1.165) is 4.90 Å². The molecule has 1 aliphatic heterocycles. The quantitative estimate of drug-likeness (QED) is 0.354. The zero-order valence-corrected chi connectivity index (χ0v) is 17.0. The van der Waals surface area contributed by atoms with Crippen LogP contribution >= 0.6 is 11.8 Å². The third kappa shape index (κ3) is 4.90. The molecule has 0 radical (unpaired) electrons. The third-order valence-electron chi connectivity index (χ3n) is 4.36. The minimum Gasteiger partial charge on any atom is -0.467 e. The van der Waals surface area contributed by atoms with Gasteiger partial charge in [0.05, 0.1) is 18.2 Å². The van der Waals surface area contributed by atoms with E-state index >= 15 is 0 Å². The zero-order valence-electron chi connectivity index (χ0n) is 16.1. The summed E-state index contributed by atoms with van der Waals surface area (Å²) in [5, 5.41) is 2.64. The van der Waals surface area contributed by atoms with Gasteiger partial charge in [-0.1, -0.05) is 0 Å². The maximum Gasteiger partial charge on any atom is 0.328 e. The average molecular weight is 408 g/mol. The minimum atomic E-state index is -0.777. The molecule has 1 aromatic carbocycles. The monoisotopic (exact) mass is 408 g/mol. The lowest BCUT2D eigenvalue weighted by molar-refractivity contribution is -0.142. The molecule has 0 fully saturated rings. The van der Waals surface area contributed by atoms with Crippen LogP contribution in [-0.2, 0) is 14.3 Å². The van der Waals surface area contributed by atoms with Crippen LogP contribution in [0.5, 0.6) is 0 Å². The van der Waals surface area contributed by atoms with E-state index in [0.29, 0.717) is 25.2 Å². The topological polar surface area (TPSA) is 102 Å². The van der Waals surface area contributed by atoms with Crippen LogP contribution in [0, 0.1) is 0 Å². The van der Waals surface area contributed by atoms with E-state index < -0.39 is 23.8 Å². The van der Waals surface area contributed by atoms with Gasteiger partial charge in [-0.05, 0) is 43.0 Å². The number of nitrogens with one attached hydrogen (secondary N) is 1. The number of methoxy groups -OCH3 is 2. The number of hydrogen-bond acceptors (Lipinski definition) is 7. The predicted octanol–water partition coefficient (Wildman–Crippen LogP) is 1.34. The molecule has 0 aromatic heterocycles. The van der Waals surface area contributed by atoms with Crippen molar-refractivity contribution in [1.29, 1.82) is 0 Å². The van der Waals surface area contributed by atoms with Gasteiger partial charge in [0.25, 0.3) is 17.7 Å². The van der Waals surface area contributed by atoms with Crippen LogP contribution in [0.4, 0.5) is 0 Å². The highest BCUT2D eigenvalue weighted by Gasteiger charge is 2.35. The summed E-state index contributed by atoms with van der Waals surface area (Å²) in [5.41, 5.74) is 0.663. The van der Waals surface area contributed by atoms with Crippen LogP contribution in [0.25, 0.3) is 0 Å². The first-order chi connectivity index (χ1) is 13.4. The molecule has 1 atom stereocenters. The molecule has 0 saturated carbocycles. The van der Waals surface area contributed by atoms with Crippen molar-refractivity contribution >= 4 is 35.5 Å². The van der Waals surface area contributed by atoms with Crippen molar-refractivity contribution in [2.45, 2.75) is 18.9 Å². The molecule has 0 saturated heterocycles. The van der Waals surface area contributed by atoms with Gasteiger partial charge >= 0.3 is 5.97 Å². The fourth-order valence-corrected chi connectivity index (χ4v) is 3.34. The van der Waals surface area contributed by atoms with Gasteiger partial charge in [0.1, 0.15) is 6.04 Å². The molecule has 8 nitrogen and oxygen atoms in total. The lowest BCUT2D eigenvalue weighted by atomic mass is 10.0. The Bertz CT molecular complexity index is 767. The van der Waals surface area contributed by atoms with E-state index in [2.05, 4.69) is 5.32 Å². The Kier molecular flexibility index (Phi) is 8.01. The summed E-state index contributed by atoms with van der Waals surface area (Å²) in [6.45, 7) is 0.687. The van der Waals surface area contributed by atoms with Crippen molar-refractivity contribution in [2.75, 3.05) is 39.4 Å². The largest absolute Gasteiger partial charge is 0.467 e. The maximum absolute atomic E-state index is 12.6. The lowest BCUT2D eigenvalue weighted by Gasteiger charge is -2.16. The molecular weight excluding hydrogens is 384 g/mol. The molecule has 2 rings (SSSR count). The molecule has 0 unspecified atom stereocenters. The van der Waals surface area contributed by atoms with E-state index in [4.69, 9.17) is 9.47 Å². The molecule has 1 heterocycles. The molecular formula is C19H24N2O6S. The number of carbonyl (C=O) groups excluding carboxylic acids is 4. The first-order valence-electron chi connectivity index (χ1n) is 8.81. The number of esters is 1. The number of hydrogen-bond donors (Lipinski definition) is 1. The molecule has 9 heteroatoms. The molecule has 0 spiro atoms. The van der Waals surface area contributed by atoms with Gasteiger partial charge in [-0.25, -0.2) is 4.79 Å². The van der Waals surface area contributed by atoms with E-state index in [1.54, 1.807) is 18.9 Å². The molecule has 1 aromatic rings. The van der Waals surface area contributed by atoms with Crippen LogP contribution in [0.3, 0.4) is 0 Å². The zero-order chi connectivity index (χ0) is 20.7. The average Bonchev–Trinajstić information content (AvgIpc) is 2.94. The smallest absolute Gasteiger partial charge is 0.328 e. The van der Waals surface area contributed by atoms with Crippen molar-refractivity contribution in [1.82, 2.24) is 10.2 Å². The van der Waals surface area contributed by atoms with E-state index in [1.165, 1.54) is 25.3 Å². The number of thioether (sulfide) groups is 1. The summed E-state index contributed by atoms with van der Waals surface area (Å²) < 4.78 is 9.69. The number of fused-ring (bicyclic) bond motifs is 1. The standard InChI is InChI=1S/C19H24N2O6S/c1-26-9-4-8-21-17(23)13-6-5-12(11-14(13)18(21)24)16(22)20-15(7-10-28-3)19(25)27-2/h5-6,11,15H,4,7-10H2,1-3H3,(H,20,22)/t15-/m1/s1. The van der Waals surface area contributed by atoms with E-state index in [1.807, 2.05) is 6.26 Å². The number of benzene rings is 1. The van der Waals surface area contributed by atoms with E-state index in [9.17, 15) is 19.2 Å². The van der Waals surface area contributed by atoms with Crippen molar-refractivity contribution in [3.63, 3.8) is 0 Å². The SMILES string of the molecule is COCCCN1C(=O)c2ccc(C(=O)N[C@H](CCSC)C(=O)OC)cc2C1=O. The summed E-state index contributed by atoms with van der Waals surface area (Å²) in [7, 11) is 2.81. The van der Waals surface area contributed by atoms with Crippen molar-refractivity contribution in [3.8, 4) is 0 Å². The van der Waals surface area contributed by atoms with E-state index in [-0.39, 0.29) is 29.1 Å². The van der Waals surface area contributed by atoms with Crippen molar-refractivity contribution in [3.05, 3.63) is 34.9 Å². The van der Waals surface area contributed by atoms with Crippen LogP contribution in [0.15, 0.2) is 18.2 Å². The molecule has 1 N–H and O–H groups in total. The van der Waals surface area contributed by atoms with Gasteiger partial charge in [-0.3, -0.25) is 19.3 Å². The Balaban J connectivity index is 2.15. The molecule has 0 bridgehead atoms. The number of carbonyl (C=O) groups is 4. The first-order valence-corrected chi connectivity index (χ1v) is 10.2. The number of ether oxygens (including phenoxy) is 2. The Hall–Kier alpha value is -2.39. The number of imide groups is 1. The first kappa shape index (κ1) is 21.9. The Labute approximate surface area is 167 Å². The molecule has 3 amide bonds. The molecule has 152 valence electrons. The summed E-state index contributed by atoms with van der Waals surface area (Å²) in [5.74, 6) is -1.17. The lowest BCUT2D eigenvalue weighted by Crippen LogP contribution is -2.42. The number of nitrogens with zero attached hydrogens (tertiary/aromatic N) is 1. The Morgan fingerprint density at radius 3 is 2.54 bits per heavy atom. The fourth-order valence-electron chi connectivity index (χ4n) is 2.87. The van der Waals surface area contributed by atoms with Gasteiger partial charge in [-0.15, -0.1) is 0 Å². The van der Waals surface area contributed by atoms with Crippen LogP contribution < -0.4 is 5.32 Å². The third-order valence-corrected chi connectivity index (χ3v) is 5.01. The van der Waals surface area contributed by atoms with Crippen LogP contribution in [0.1, 0.15) is 43.9 Å². The van der Waals surface area contributed by atoms with Crippen LogP contribution in [0.2, 0.25) is 0 Å². The fraction of sp³-hybridized carbons (Fsp3) is 0.474. The number of rotatable bonds is 10. The van der Waals surface area contributed by atoms with Gasteiger partial charge < -0.3 is 14.8 Å². The normalized spacial score (nSPS) is 14.0. The van der Waals surface area contributed by atoms with Gasteiger partial charge in [-0.2, -0.15) is 11.8 Å². The Morgan fingerprint density at radius 1 is 1.18 bits per heavy atom. The summed E-state index contributed by atoms with van der Waals surface area (Å²) in [4.78, 5) is 50.6. The van der Waals surface area contributed by atoms with Gasteiger partial charge in [0.2, 0.25) is 0 Å². The number of amides is 3. The van der Waals surface area contributed by atoms with Crippen molar-refractivity contribution < 1.29 is 28.7 Å². The maximum atomic E-state index is 12.6. The second-order valence-electron chi connectivity index (χ2n) is 6.20. The van der Waals surface area contributed by atoms with Crippen LogP contribution in [-0.4, -0.2) is 74.0 Å². The molecule has 0 aliphatic carbocycles.